The van der Waals surface area contributed by atoms with E-state index in [0.717, 1.165) is 42.1 Å². The topological polar surface area (TPSA) is 81.4 Å². The fourth-order valence-corrected chi connectivity index (χ4v) is 3.43. The Bertz CT molecular complexity index is 568. The second-order valence-corrected chi connectivity index (χ2v) is 7.41. The highest BCUT2D eigenvalue weighted by Gasteiger charge is 2.35. The molecule has 1 saturated carbocycles. The highest BCUT2D eigenvalue weighted by atomic mass is 79.9. The SMILES string of the molecule is CC(=O)OC1(CNC(=O)[C@@H](N)Cc2ccc(Br)cc2)CCCCC1. The van der Waals surface area contributed by atoms with Gasteiger partial charge in [0.05, 0.1) is 12.6 Å². The zero-order chi connectivity index (χ0) is 17.6. The van der Waals surface area contributed by atoms with Gasteiger partial charge in [0.2, 0.25) is 5.91 Å². The van der Waals surface area contributed by atoms with E-state index in [1.54, 1.807) is 0 Å². The van der Waals surface area contributed by atoms with Crippen LogP contribution in [0, 0.1) is 0 Å². The molecule has 0 aromatic heterocycles. The summed E-state index contributed by atoms with van der Waals surface area (Å²) in [7, 11) is 0. The van der Waals surface area contributed by atoms with Crippen molar-refractivity contribution in [2.75, 3.05) is 6.54 Å². The second kappa shape index (κ2) is 8.62. The molecule has 5 nitrogen and oxygen atoms in total. The van der Waals surface area contributed by atoms with Gasteiger partial charge in [0.15, 0.2) is 0 Å². The number of nitrogens with two attached hydrogens (primary N) is 1. The third-order valence-corrected chi connectivity index (χ3v) is 4.94. The van der Waals surface area contributed by atoms with Crippen molar-refractivity contribution < 1.29 is 14.3 Å². The summed E-state index contributed by atoms with van der Waals surface area (Å²) in [5.74, 6) is -0.514. The minimum Gasteiger partial charge on any atom is -0.457 e. The minimum absolute atomic E-state index is 0.213. The summed E-state index contributed by atoms with van der Waals surface area (Å²) in [6.45, 7) is 1.75. The van der Waals surface area contributed by atoms with Crippen molar-refractivity contribution in [3.05, 3.63) is 34.3 Å². The van der Waals surface area contributed by atoms with E-state index in [2.05, 4.69) is 21.2 Å². The number of amides is 1. The molecule has 6 heteroatoms. The molecule has 1 aromatic carbocycles. The molecule has 0 bridgehead atoms. The lowest BCUT2D eigenvalue weighted by molar-refractivity contribution is -0.161. The third-order valence-electron chi connectivity index (χ3n) is 4.42. The Balaban J connectivity index is 1.89. The fourth-order valence-electron chi connectivity index (χ4n) is 3.16. The number of hydrogen-bond acceptors (Lipinski definition) is 4. The van der Waals surface area contributed by atoms with Crippen LogP contribution in [0.3, 0.4) is 0 Å². The number of esters is 1. The number of ether oxygens (including phenoxy) is 1. The summed E-state index contributed by atoms with van der Waals surface area (Å²) in [6, 6.07) is 7.12. The molecule has 1 aliphatic carbocycles. The van der Waals surface area contributed by atoms with E-state index in [0.29, 0.717) is 13.0 Å². The Labute approximate surface area is 151 Å². The van der Waals surface area contributed by atoms with Gasteiger partial charge in [-0.15, -0.1) is 0 Å². The Morgan fingerprint density at radius 3 is 2.46 bits per heavy atom. The maximum atomic E-state index is 12.3. The van der Waals surface area contributed by atoms with Gasteiger partial charge in [0.1, 0.15) is 5.60 Å². The molecule has 1 atom stereocenters. The van der Waals surface area contributed by atoms with Crippen LogP contribution in [0.4, 0.5) is 0 Å². The largest absolute Gasteiger partial charge is 0.457 e. The molecule has 1 aromatic rings. The summed E-state index contributed by atoms with van der Waals surface area (Å²) >= 11 is 3.38. The highest BCUT2D eigenvalue weighted by molar-refractivity contribution is 9.10. The lowest BCUT2D eigenvalue weighted by Gasteiger charge is -2.36. The standard InChI is InChI=1S/C18H25BrN2O3/c1-13(22)24-18(9-3-2-4-10-18)12-21-17(23)16(20)11-14-5-7-15(19)8-6-14/h5-8,16H,2-4,9-12,20H2,1H3,(H,21,23)/t16-/m0/s1. The Morgan fingerprint density at radius 2 is 1.88 bits per heavy atom. The Hall–Kier alpha value is -1.40. The smallest absolute Gasteiger partial charge is 0.303 e. The van der Waals surface area contributed by atoms with Crippen molar-refractivity contribution >= 4 is 27.8 Å². The van der Waals surface area contributed by atoms with E-state index in [-0.39, 0.29) is 11.9 Å². The molecule has 0 aliphatic heterocycles. The van der Waals surface area contributed by atoms with Crippen LogP contribution in [0.2, 0.25) is 0 Å². The van der Waals surface area contributed by atoms with Crippen LogP contribution in [0.5, 0.6) is 0 Å². The average Bonchev–Trinajstić information content (AvgIpc) is 2.55. The number of rotatable bonds is 6. The van der Waals surface area contributed by atoms with Gasteiger partial charge in [-0.1, -0.05) is 34.5 Å². The van der Waals surface area contributed by atoms with E-state index in [1.807, 2.05) is 24.3 Å². The van der Waals surface area contributed by atoms with E-state index in [1.165, 1.54) is 6.92 Å². The van der Waals surface area contributed by atoms with Gasteiger partial charge in [0, 0.05) is 11.4 Å². The fraction of sp³-hybridized carbons (Fsp3) is 0.556. The van der Waals surface area contributed by atoms with Crippen LogP contribution < -0.4 is 11.1 Å². The second-order valence-electron chi connectivity index (χ2n) is 6.49. The molecule has 0 spiro atoms. The van der Waals surface area contributed by atoms with Crippen molar-refractivity contribution in [3.8, 4) is 0 Å². The molecular weight excluding hydrogens is 372 g/mol. The summed E-state index contributed by atoms with van der Waals surface area (Å²) in [5.41, 5.74) is 6.45. The monoisotopic (exact) mass is 396 g/mol. The Kier molecular flexibility index (Phi) is 6.80. The molecule has 0 radical (unpaired) electrons. The van der Waals surface area contributed by atoms with Gasteiger partial charge < -0.3 is 15.8 Å². The van der Waals surface area contributed by atoms with Crippen molar-refractivity contribution in [2.24, 2.45) is 5.73 Å². The molecule has 1 fully saturated rings. The molecule has 2 rings (SSSR count). The van der Waals surface area contributed by atoms with Gasteiger partial charge in [-0.25, -0.2) is 0 Å². The van der Waals surface area contributed by atoms with Crippen molar-refractivity contribution in [1.82, 2.24) is 5.32 Å². The molecule has 1 amide bonds. The van der Waals surface area contributed by atoms with E-state index in [4.69, 9.17) is 10.5 Å². The number of halogens is 1. The van der Waals surface area contributed by atoms with Crippen LogP contribution >= 0.6 is 15.9 Å². The van der Waals surface area contributed by atoms with Crippen molar-refractivity contribution in [3.63, 3.8) is 0 Å². The van der Waals surface area contributed by atoms with Crippen LogP contribution in [-0.2, 0) is 20.7 Å². The Morgan fingerprint density at radius 1 is 1.25 bits per heavy atom. The molecule has 0 unspecified atom stereocenters. The zero-order valence-electron chi connectivity index (χ0n) is 14.0. The van der Waals surface area contributed by atoms with Crippen molar-refractivity contribution in [1.29, 1.82) is 0 Å². The predicted octanol–water partition coefficient (Wildman–Crippen LogP) is 2.70. The van der Waals surface area contributed by atoms with Crippen LogP contribution in [0.25, 0.3) is 0 Å². The average molecular weight is 397 g/mol. The van der Waals surface area contributed by atoms with Gasteiger partial charge in [0.25, 0.3) is 0 Å². The van der Waals surface area contributed by atoms with E-state index < -0.39 is 11.6 Å². The number of carbonyl (C=O) groups excluding carboxylic acids is 2. The first kappa shape index (κ1) is 18.9. The third kappa shape index (κ3) is 5.60. The predicted molar refractivity (Wildman–Crippen MR) is 96.4 cm³/mol. The quantitative estimate of drug-likeness (QED) is 0.724. The summed E-state index contributed by atoms with van der Waals surface area (Å²) in [4.78, 5) is 23.7. The number of carbonyl (C=O) groups is 2. The molecule has 0 saturated heterocycles. The normalized spacial score (nSPS) is 17.8. The van der Waals surface area contributed by atoms with Crippen molar-refractivity contribution in [2.45, 2.75) is 57.1 Å². The molecular formula is C18H25BrN2O3. The lowest BCUT2D eigenvalue weighted by atomic mass is 9.84. The molecule has 24 heavy (non-hydrogen) atoms. The lowest BCUT2D eigenvalue weighted by Crippen LogP contribution is -2.51. The molecule has 132 valence electrons. The van der Waals surface area contributed by atoms with Gasteiger partial charge in [-0.05, 0) is 49.8 Å². The minimum atomic E-state index is -0.621. The van der Waals surface area contributed by atoms with Crippen LogP contribution in [-0.4, -0.2) is 30.1 Å². The maximum absolute atomic E-state index is 12.3. The first-order valence-electron chi connectivity index (χ1n) is 8.37. The first-order chi connectivity index (χ1) is 11.4. The zero-order valence-corrected chi connectivity index (χ0v) is 15.6. The van der Waals surface area contributed by atoms with Gasteiger partial charge in [-0.2, -0.15) is 0 Å². The summed E-state index contributed by atoms with van der Waals surface area (Å²) < 4.78 is 6.53. The highest BCUT2D eigenvalue weighted by Crippen LogP contribution is 2.31. The molecule has 3 N–H and O–H groups in total. The first-order valence-corrected chi connectivity index (χ1v) is 9.17. The van der Waals surface area contributed by atoms with E-state index >= 15 is 0 Å². The maximum Gasteiger partial charge on any atom is 0.303 e. The summed E-state index contributed by atoms with van der Waals surface area (Å²) in [5, 5.41) is 2.88. The van der Waals surface area contributed by atoms with Gasteiger partial charge in [-0.3, -0.25) is 9.59 Å². The van der Waals surface area contributed by atoms with E-state index in [9.17, 15) is 9.59 Å². The number of nitrogens with one attached hydrogen (secondary N) is 1. The molecule has 0 heterocycles. The molecule has 1 aliphatic rings. The summed E-state index contributed by atoms with van der Waals surface area (Å²) in [6.07, 6.45) is 5.20. The van der Waals surface area contributed by atoms with Gasteiger partial charge >= 0.3 is 5.97 Å². The number of benzene rings is 1. The number of hydrogen-bond donors (Lipinski definition) is 2. The van der Waals surface area contributed by atoms with Crippen LogP contribution in [0.15, 0.2) is 28.7 Å². The van der Waals surface area contributed by atoms with Crippen LogP contribution in [0.1, 0.15) is 44.6 Å².